The Kier molecular flexibility index (Phi) is 7.58. The number of imidazole rings is 1. The first-order valence-electron chi connectivity index (χ1n) is 14.9. The van der Waals surface area contributed by atoms with Crippen LogP contribution in [0.15, 0.2) is 66.8 Å². The fourth-order valence-electron chi connectivity index (χ4n) is 6.04. The van der Waals surface area contributed by atoms with E-state index < -0.39 is 5.92 Å². The number of halogens is 3. The number of likely N-dealkylation sites (N-methyl/N-ethyl adjacent to an activating group) is 1. The number of aromatic amines is 2. The third-order valence-electron chi connectivity index (χ3n) is 8.27. The van der Waals surface area contributed by atoms with Gasteiger partial charge in [0.15, 0.2) is 11.5 Å². The molecule has 7 rings (SSSR count). The number of rotatable bonds is 9. The number of nitrogens with one attached hydrogen (secondary N) is 3. The van der Waals surface area contributed by atoms with Crippen LogP contribution >= 0.6 is 0 Å². The van der Waals surface area contributed by atoms with Gasteiger partial charge in [-0.15, -0.1) is 0 Å². The van der Waals surface area contributed by atoms with Gasteiger partial charge in [0.05, 0.1) is 29.2 Å². The van der Waals surface area contributed by atoms with E-state index in [2.05, 4.69) is 40.3 Å². The zero-order valence-corrected chi connectivity index (χ0v) is 25.0. The van der Waals surface area contributed by atoms with Gasteiger partial charge >= 0.3 is 0 Å². The summed E-state index contributed by atoms with van der Waals surface area (Å²) in [5.74, 6) is -2.61. The minimum absolute atomic E-state index is 0.121. The molecule has 0 spiro atoms. The summed E-state index contributed by atoms with van der Waals surface area (Å²) in [6.07, 6.45) is 12.3. The summed E-state index contributed by atoms with van der Waals surface area (Å²) >= 11 is 0. The molecule has 5 aromatic rings. The predicted molar refractivity (Wildman–Crippen MR) is 166 cm³/mol. The molecule has 1 atom stereocenters. The molecule has 1 fully saturated rings. The number of likely N-dealkylation sites (tertiary alicyclic amines) is 1. The largest absolute Gasteiger partial charge is 0.387 e. The van der Waals surface area contributed by atoms with Crippen molar-refractivity contribution in [2.45, 2.75) is 31.2 Å². The molecule has 0 aromatic carbocycles. The number of alkyl halides is 2. The van der Waals surface area contributed by atoms with Gasteiger partial charge in [-0.3, -0.25) is 20.0 Å². The average molecular weight is 615 g/mol. The lowest BCUT2D eigenvalue weighted by molar-refractivity contribution is 0.0115. The van der Waals surface area contributed by atoms with Crippen molar-refractivity contribution in [2.75, 3.05) is 40.3 Å². The van der Waals surface area contributed by atoms with Gasteiger partial charge in [-0.2, -0.15) is 5.10 Å². The molecule has 1 saturated heterocycles. The van der Waals surface area contributed by atoms with Crippen LogP contribution in [0.2, 0.25) is 0 Å². The van der Waals surface area contributed by atoms with Gasteiger partial charge in [-0.05, 0) is 50.4 Å². The van der Waals surface area contributed by atoms with E-state index in [4.69, 9.17) is 4.98 Å². The molecule has 10 nitrogen and oxygen atoms in total. The minimum atomic E-state index is -2.64. The van der Waals surface area contributed by atoms with Crippen LogP contribution in [0.1, 0.15) is 29.9 Å². The van der Waals surface area contributed by atoms with Gasteiger partial charge in [-0.25, -0.2) is 23.1 Å². The molecular weight excluding hydrogens is 581 g/mol. The van der Waals surface area contributed by atoms with Crippen LogP contribution in [-0.2, 0) is 6.54 Å². The van der Waals surface area contributed by atoms with Gasteiger partial charge in [0.2, 0.25) is 0 Å². The Morgan fingerprint density at radius 3 is 2.76 bits per heavy atom. The number of aromatic nitrogens is 7. The molecular formula is C32H33F3N10. The number of hydrogen-bond donors (Lipinski definition) is 3. The molecule has 2 aliphatic rings. The molecule has 0 amide bonds. The zero-order chi connectivity index (χ0) is 31.1. The van der Waals surface area contributed by atoms with Crippen LogP contribution in [-0.4, -0.2) is 91.1 Å². The summed E-state index contributed by atoms with van der Waals surface area (Å²) < 4.78 is 42.1. The Labute approximate surface area is 257 Å². The standard InChI is InChI=1S/C32H33F3N10/c1-44(2)6-4-38-24-9-20(8-23(33)11-24)26-15-37-16-27-28(26)41-31(40-27)29-25-10-22(14-39-30(25)43-42-29)21-7-19(12-36-13-21)17-45-5-3-32(34,35)18-45/h7-8,10-16,20,38H,3-6,9,17-18H2,1-2H3,(H,40,41)(H,39,42,43). The molecule has 3 N–H and O–H groups in total. The highest BCUT2D eigenvalue weighted by Gasteiger charge is 2.38. The first kappa shape index (κ1) is 29.1. The number of H-pyrrole nitrogens is 2. The van der Waals surface area contributed by atoms with E-state index in [-0.39, 0.29) is 24.7 Å². The minimum Gasteiger partial charge on any atom is -0.387 e. The van der Waals surface area contributed by atoms with E-state index in [0.717, 1.165) is 45.4 Å². The maximum Gasteiger partial charge on any atom is 0.261 e. The zero-order valence-electron chi connectivity index (χ0n) is 25.0. The summed E-state index contributed by atoms with van der Waals surface area (Å²) in [5.41, 5.74) is 6.77. The molecule has 1 aliphatic carbocycles. The lowest BCUT2D eigenvalue weighted by Crippen LogP contribution is -2.27. The Morgan fingerprint density at radius 1 is 1.09 bits per heavy atom. The summed E-state index contributed by atoms with van der Waals surface area (Å²) in [5, 5.41) is 11.6. The van der Waals surface area contributed by atoms with Gasteiger partial charge in [0.1, 0.15) is 11.5 Å². The number of pyridine rings is 3. The Morgan fingerprint density at radius 2 is 1.93 bits per heavy atom. The van der Waals surface area contributed by atoms with Crippen LogP contribution < -0.4 is 5.32 Å². The van der Waals surface area contributed by atoms with Crippen molar-refractivity contribution in [3.63, 3.8) is 0 Å². The fraction of sp³-hybridized carbons (Fsp3) is 0.344. The topological polar surface area (TPSA) is 115 Å². The molecule has 6 heterocycles. The highest BCUT2D eigenvalue weighted by molar-refractivity contribution is 5.93. The molecule has 0 bridgehead atoms. The van der Waals surface area contributed by atoms with Crippen molar-refractivity contribution in [1.82, 2.24) is 50.2 Å². The molecule has 5 aromatic heterocycles. The summed E-state index contributed by atoms with van der Waals surface area (Å²) in [4.78, 5) is 25.5. The Bertz CT molecular complexity index is 1920. The third-order valence-corrected chi connectivity index (χ3v) is 8.27. The quantitative estimate of drug-likeness (QED) is 0.208. The number of hydrogen-bond acceptors (Lipinski definition) is 8. The second kappa shape index (κ2) is 11.7. The van der Waals surface area contributed by atoms with Crippen molar-refractivity contribution in [3.05, 3.63) is 77.9 Å². The predicted octanol–water partition coefficient (Wildman–Crippen LogP) is 5.18. The lowest BCUT2D eigenvalue weighted by atomic mass is 9.90. The van der Waals surface area contributed by atoms with Gasteiger partial charge in [-0.1, -0.05) is 0 Å². The van der Waals surface area contributed by atoms with Gasteiger partial charge in [0.25, 0.3) is 5.92 Å². The molecule has 13 heteroatoms. The lowest BCUT2D eigenvalue weighted by Gasteiger charge is -2.21. The van der Waals surface area contributed by atoms with Crippen LogP contribution in [0.3, 0.4) is 0 Å². The molecule has 1 aliphatic heterocycles. The normalized spacial score (nSPS) is 18.6. The molecule has 1 unspecified atom stereocenters. The smallest absolute Gasteiger partial charge is 0.261 e. The second-order valence-electron chi connectivity index (χ2n) is 12.1. The Hall–Kier alpha value is -4.62. The Balaban J connectivity index is 1.17. The van der Waals surface area contributed by atoms with Gasteiger partial charge < -0.3 is 15.2 Å². The van der Waals surface area contributed by atoms with Crippen LogP contribution in [0, 0.1) is 0 Å². The van der Waals surface area contributed by atoms with E-state index in [1.165, 1.54) is 0 Å². The van der Waals surface area contributed by atoms with Crippen LogP contribution in [0.4, 0.5) is 13.2 Å². The molecule has 45 heavy (non-hydrogen) atoms. The van der Waals surface area contributed by atoms with E-state index >= 15 is 0 Å². The van der Waals surface area contributed by atoms with E-state index in [1.54, 1.807) is 48.0 Å². The number of nitrogens with zero attached hydrogens (tertiary/aromatic N) is 7. The van der Waals surface area contributed by atoms with Crippen molar-refractivity contribution in [1.29, 1.82) is 0 Å². The van der Waals surface area contributed by atoms with Gasteiger partial charge in [0, 0.05) is 85.7 Å². The maximum absolute atomic E-state index is 14.7. The summed E-state index contributed by atoms with van der Waals surface area (Å²) in [6.45, 7) is 2.07. The van der Waals surface area contributed by atoms with E-state index in [0.29, 0.717) is 48.7 Å². The van der Waals surface area contributed by atoms with Crippen molar-refractivity contribution in [3.8, 4) is 22.6 Å². The molecule has 0 radical (unpaired) electrons. The average Bonchev–Trinajstić information content (AvgIpc) is 3.72. The third kappa shape index (κ3) is 6.18. The van der Waals surface area contributed by atoms with Crippen molar-refractivity contribution >= 4 is 22.1 Å². The SMILES string of the molecule is CN(C)CCNC1=CC(F)=CC(c2cncc3[nH]c(-c4[nH]nc5ncc(-c6cncc(CN7CCC(F)(F)C7)c6)cc45)nc23)C1. The first-order chi connectivity index (χ1) is 21.7. The summed E-state index contributed by atoms with van der Waals surface area (Å²) in [7, 11) is 4.00. The van der Waals surface area contributed by atoms with Crippen LogP contribution in [0.5, 0.6) is 0 Å². The monoisotopic (exact) mass is 614 g/mol. The maximum atomic E-state index is 14.7. The number of allylic oxidation sites excluding steroid dienone is 4. The molecule has 0 saturated carbocycles. The van der Waals surface area contributed by atoms with Crippen molar-refractivity contribution < 1.29 is 13.2 Å². The highest BCUT2D eigenvalue weighted by atomic mass is 19.3. The second-order valence-corrected chi connectivity index (χ2v) is 12.1. The number of fused-ring (bicyclic) bond motifs is 2. The fourth-order valence-corrected chi connectivity index (χ4v) is 6.04. The van der Waals surface area contributed by atoms with E-state index in [1.807, 2.05) is 26.2 Å². The first-order valence-corrected chi connectivity index (χ1v) is 14.9. The highest BCUT2D eigenvalue weighted by Crippen LogP contribution is 2.36. The van der Waals surface area contributed by atoms with Crippen LogP contribution in [0.25, 0.3) is 44.7 Å². The van der Waals surface area contributed by atoms with E-state index in [9.17, 15) is 13.2 Å². The van der Waals surface area contributed by atoms with Crippen molar-refractivity contribution in [2.24, 2.45) is 0 Å². The molecule has 232 valence electrons. The summed E-state index contributed by atoms with van der Waals surface area (Å²) in [6, 6.07) is 3.92.